The van der Waals surface area contributed by atoms with Gasteiger partial charge in [0.05, 0.1) is 23.5 Å². The summed E-state index contributed by atoms with van der Waals surface area (Å²) in [6.45, 7) is 1.33. The van der Waals surface area contributed by atoms with E-state index in [1.54, 1.807) is 6.07 Å². The van der Waals surface area contributed by atoms with Gasteiger partial charge in [0.1, 0.15) is 5.82 Å². The van der Waals surface area contributed by atoms with Gasteiger partial charge in [0.2, 0.25) is 0 Å². The molecule has 0 atom stereocenters. The molecule has 1 aromatic heterocycles. The van der Waals surface area contributed by atoms with Crippen molar-refractivity contribution in [3.63, 3.8) is 0 Å². The van der Waals surface area contributed by atoms with Crippen LogP contribution in [0.15, 0.2) is 59.2 Å². The van der Waals surface area contributed by atoms with Crippen molar-refractivity contribution in [1.82, 2.24) is 14.9 Å². The van der Waals surface area contributed by atoms with Crippen molar-refractivity contribution in [2.24, 2.45) is 0 Å². The first-order valence-corrected chi connectivity index (χ1v) is 9.11. The Morgan fingerprint density at radius 1 is 1.11 bits per heavy atom. The van der Waals surface area contributed by atoms with E-state index >= 15 is 0 Å². The molecule has 0 amide bonds. The highest BCUT2D eigenvalue weighted by molar-refractivity contribution is 9.10. The second kappa shape index (κ2) is 6.88. The lowest BCUT2D eigenvalue weighted by atomic mass is 10.1. The summed E-state index contributed by atoms with van der Waals surface area (Å²) in [4.78, 5) is 9.76. The van der Waals surface area contributed by atoms with Crippen molar-refractivity contribution >= 4 is 22.0 Å². The van der Waals surface area contributed by atoms with Crippen LogP contribution in [-0.2, 0) is 19.3 Å². The molecule has 138 valence electrons. The van der Waals surface area contributed by atoms with Crippen LogP contribution in [0.5, 0.6) is 0 Å². The van der Waals surface area contributed by atoms with E-state index in [1.165, 1.54) is 11.6 Å². The van der Waals surface area contributed by atoms with Gasteiger partial charge in [-0.25, -0.2) is 4.98 Å². The standard InChI is InChI=1S/C20H15BrF3N3/c21-16-6-4-13(5-7-16)11-27-9-8-17-18(12-27)26-19(25-17)14-2-1-3-15(10-14)20(22,23)24/h1-10H,11-12H2,(H,25,26). The minimum absolute atomic E-state index is 0.423. The highest BCUT2D eigenvalue weighted by Gasteiger charge is 2.30. The van der Waals surface area contributed by atoms with Crippen molar-refractivity contribution in [1.29, 1.82) is 0 Å². The predicted molar refractivity (Wildman–Crippen MR) is 101 cm³/mol. The maximum absolute atomic E-state index is 12.9. The summed E-state index contributed by atoms with van der Waals surface area (Å²) in [7, 11) is 0. The minimum atomic E-state index is -4.37. The molecular weight excluding hydrogens is 419 g/mol. The quantitative estimate of drug-likeness (QED) is 0.562. The molecule has 3 nitrogen and oxygen atoms in total. The van der Waals surface area contributed by atoms with Crippen molar-refractivity contribution < 1.29 is 13.2 Å². The van der Waals surface area contributed by atoms with E-state index in [1.807, 2.05) is 36.5 Å². The number of hydrogen-bond acceptors (Lipinski definition) is 2. The van der Waals surface area contributed by atoms with Crippen molar-refractivity contribution in [2.45, 2.75) is 19.3 Å². The molecule has 7 heteroatoms. The molecule has 0 spiro atoms. The highest BCUT2D eigenvalue weighted by atomic mass is 79.9. The molecule has 0 saturated heterocycles. The lowest BCUT2D eigenvalue weighted by Crippen LogP contribution is -2.19. The normalized spacial score (nSPS) is 13.7. The van der Waals surface area contributed by atoms with Gasteiger partial charge in [0, 0.05) is 22.8 Å². The maximum Gasteiger partial charge on any atom is 0.416 e. The molecule has 0 unspecified atom stereocenters. The van der Waals surface area contributed by atoms with E-state index in [9.17, 15) is 13.2 Å². The summed E-state index contributed by atoms with van der Waals surface area (Å²) in [6.07, 6.45) is -0.496. The summed E-state index contributed by atoms with van der Waals surface area (Å²) in [5.74, 6) is 0.446. The zero-order valence-electron chi connectivity index (χ0n) is 14.1. The average Bonchev–Trinajstić information content (AvgIpc) is 3.06. The number of aromatic nitrogens is 2. The van der Waals surface area contributed by atoms with Crippen LogP contribution in [-0.4, -0.2) is 14.9 Å². The highest BCUT2D eigenvalue weighted by Crippen LogP contribution is 2.32. The zero-order valence-corrected chi connectivity index (χ0v) is 15.7. The van der Waals surface area contributed by atoms with Crippen molar-refractivity contribution in [2.75, 3.05) is 0 Å². The van der Waals surface area contributed by atoms with Gasteiger partial charge in [-0.2, -0.15) is 13.2 Å². The fourth-order valence-electron chi connectivity index (χ4n) is 3.02. The second-order valence-electron chi connectivity index (χ2n) is 6.37. The SMILES string of the molecule is FC(F)(F)c1cccc(-c2nc3c([nH]2)C=CN(Cc2ccc(Br)cc2)C3)c1. The summed E-state index contributed by atoms with van der Waals surface area (Å²) in [5.41, 5.74) is 2.56. The smallest absolute Gasteiger partial charge is 0.367 e. The van der Waals surface area contributed by atoms with Gasteiger partial charge in [-0.15, -0.1) is 0 Å². The molecule has 4 rings (SSSR count). The fourth-order valence-corrected chi connectivity index (χ4v) is 3.28. The van der Waals surface area contributed by atoms with E-state index in [0.29, 0.717) is 17.9 Å². The second-order valence-corrected chi connectivity index (χ2v) is 7.29. The predicted octanol–water partition coefficient (Wildman–Crippen LogP) is 5.84. The summed E-state index contributed by atoms with van der Waals surface area (Å²) in [5, 5.41) is 0. The third-order valence-electron chi connectivity index (χ3n) is 4.38. The molecule has 1 aliphatic rings. The van der Waals surface area contributed by atoms with E-state index in [4.69, 9.17) is 0 Å². The van der Waals surface area contributed by atoms with Gasteiger partial charge in [0.25, 0.3) is 0 Å². The maximum atomic E-state index is 12.9. The monoisotopic (exact) mass is 433 g/mol. The lowest BCUT2D eigenvalue weighted by Gasteiger charge is -2.22. The van der Waals surface area contributed by atoms with Crippen LogP contribution in [0.25, 0.3) is 17.5 Å². The molecular formula is C20H15BrF3N3. The van der Waals surface area contributed by atoms with E-state index in [2.05, 4.69) is 30.8 Å². The Labute approximate surface area is 162 Å². The molecule has 0 saturated carbocycles. The third kappa shape index (κ3) is 3.93. The van der Waals surface area contributed by atoms with Crippen molar-refractivity contribution in [3.8, 4) is 11.4 Å². The molecule has 1 aliphatic heterocycles. The Morgan fingerprint density at radius 3 is 2.63 bits per heavy atom. The number of rotatable bonds is 3. The number of alkyl halides is 3. The van der Waals surface area contributed by atoms with Crippen LogP contribution >= 0.6 is 15.9 Å². The molecule has 0 radical (unpaired) electrons. The summed E-state index contributed by atoms with van der Waals surface area (Å²) < 4.78 is 39.9. The largest absolute Gasteiger partial charge is 0.416 e. The Bertz CT molecular complexity index is 990. The molecule has 2 heterocycles. The first kappa shape index (κ1) is 17.9. The van der Waals surface area contributed by atoms with Gasteiger partial charge in [-0.3, -0.25) is 0 Å². The first-order valence-electron chi connectivity index (χ1n) is 8.32. The fraction of sp³-hybridized carbons (Fsp3) is 0.150. The Morgan fingerprint density at radius 2 is 1.89 bits per heavy atom. The molecule has 3 aromatic rings. The number of halogens is 4. The van der Waals surface area contributed by atoms with Gasteiger partial charge in [-0.05, 0) is 35.9 Å². The van der Waals surface area contributed by atoms with Gasteiger partial charge in [0.15, 0.2) is 0 Å². The van der Waals surface area contributed by atoms with Crippen LogP contribution in [0.4, 0.5) is 13.2 Å². The number of nitrogens with zero attached hydrogens (tertiary/aromatic N) is 2. The molecule has 1 N–H and O–H groups in total. The van der Waals surface area contributed by atoms with Crippen molar-refractivity contribution in [3.05, 3.63) is 81.7 Å². The topological polar surface area (TPSA) is 31.9 Å². The van der Waals surface area contributed by atoms with Crippen LogP contribution in [0.1, 0.15) is 22.5 Å². The Balaban J connectivity index is 1.54. The zero-order chi connectivity index (χ0) is 19.0. The number of aromatic amines is 1. The molecule has 2 aromatic carbocycles. The van der Waals surface area contributed by atoms with E-state index in [-0.39, 0.29) is 0 Å². The molecule has 0 bridgehead atoms. The third-order valence-corrected chi connectivity index (χ3v) is 4.91. The Kier molecular flexibility index (Phi) is 4.55. The number of nitrogens with one attached hydrogen (secondary N) is 1. The molecule has 0 fully saturated rings. The number of fused-ring (bicyclic) bond motifs is 1. The van der Waals surface area contributed by atoms with E-state index < -0.39 is 11.7 Å². The number of benzene rings is 2. The van der Waals surface area contributed by atoms with Crippen LogP contribution in [0.3, 0.4) is 0 Å². The summed E-state index contributed by atoms with van der Waals surface area (Å²) in [6, 6.07) is 13.3. The van der Waals surface area contributed by atoms with Crippen LogP contribution < -0.4 is 0 Å². The van der Waals surface area contributed by atoms with Crippen LogP contribution in [0.2, 0.25) is 0 Å². The van der Waals surface area contributed by atoms with E-state index in [0.717, 1.165) is 34.5 Å². The van der Waals surface area contributed by atoms with Crippen LogP contribution in [0, 0.1) is 0 Å². The molecule has 27 heavy (non-hydrogen) atoms. The average molecular weight is 434 g/mol. The number of H-pyrrole nitrogens is 1. The summed E-state index contributed by atoms with van der Waals surface area (Å²) >= 11 is 3.42. The Hall–Kier alpha value is -2.54. The van der Waals surface area contributed by atoms with Gasteiger partial charge in [-0.1, -0.05) is 40.2 Å². The first-order chi connectivity index (χ1) is 12.9. The lowest BCUT2D eigenvalue weighted by molar-refractivity contribution is -0.137. The van der Waals surface area contributed by atoms with Gasteiger partial charge >= 0.3 is 6.18 Å². The number of hydrogen-bond donors (Lipinski definition) is 1. The number of imidazole rings is 1. The minimum Gasteiger partial charge on any atom is -0.367 e. The molecule has 0 aliphatic carbocycles. The van der Waals surface area contributed by atoms with Gasteiger partial charge < -0.3 is 9.88 Å².